The van der Waals surface area contributed by atoms with Crippen LogP contribution in [0.2, 0.25) is 0 Å². The van der Waals surface area contributed by atoms with Gasteiger partial charge < -0.3 is 9.64 Å². The Kier molecular flexibility index (Phi) is 4.89. The summed E-state index contributed by atoms with van der Waals surface area (Å²) in [6.45, 7) is 6.27. The standard InChI is InChI=1S/C18H25NO3/c1-18(2,3)17(21)19-11-10-14(15(19)16(20)22-4)12-13-8-6-5-7-9-13/h5-9,14-15H,10-12H2,1-4H3. The van der Waals surface area contributed by atoms with Gasteiger partial charge in [-0.3, -0.25) is 4.79 Å². The molecule has 2 rings (SSSR count). The Morgan fingerprint density at radius 1 is 1.23 bits per heavy atom. The maximum absolute atomic E-state index is 12.6. The Balaban J connectivity index is 2.21. The Hall–Kier alpha value is -1.84. The average Bonchev–Trinajstić information content (AvgIpc) is 2.89. The van der Waals surface area contributed by atoms with Crippen LogP contribution in [0.5, 0.6) is 0 Å². The molecule has 0 radical (unpaired) electrons. The Bertz CT molecular complexity index is 533. The average molecular weight is 303 g/mol. The lowest BCUT2D eigenvalue weighted by atomic mass is 9.90. The molecule has 1 fully saturated rings. The van der Waals surface area contributed by atoms with Gasteiger partial charge in [0.25, 0.3) is 0 Å². The molecule has 1 aliphatic rings. The number of esters is 1. The molecule has 1 aromatic rings. The van der Waals surface area contributed by atoms with E-state index in [0.717, 1.165) is 12.8 Å². The molecule has 22 heavy (non-hydrogen) atoms. The van der Waals surface area contributed by atoms with Crippen LogP contribution < -0.4 is 0 Å². The van der Waals surface area contributed by atoms with Crippen molar-refractivity contribution in [2.75, 3.05) is 13.7 Å². The Labute approximate surface area is 132 Å². The van der Waals surface area contributed by atoms with Gasteiger partial charge in [0.2, 0.25) is 5.91 Å². The quantitative estimate of drug-likeness (QED) is 0.807. The van der Waals surface area contributed by atoms with Gasteiger partial charge >= 0.3 is 5.97 Å². The van der Waals surface area contributed by atoms with E-state index in [-0.39, 0.29) is 17.8 Å². The molecule has 1 aliphatic heterocycles. The first-order chi connectivity index (χ1) is 10.3. The van der Waals surface area contributed by atoms with Crippen molar-refractivity contribution in [1.29, 1.82) is 0 Å². The lowest BCUT2D eigenvalue weighted by molar-refractivity contribution is -0.155. The number of hydrogen-bond acceptors (Lipinski definition) is 3. The second kappa shape index (κ2) is 6.51. The number of carbonyl (C=O) groups is 2. The summed E-state index contributed by atoms with van der Waals surface area (Å²) in [6, 6.07) is 9.61. The first kappa shape index (κ1) is 16.5. The van der Waals surface area contributed by atoms with E-state index in [1.807, 2.05) is 39.0 Å². The van der Waals surface area contributed by atoms with Crippen LogP contribution in [0.4, 0.5) is 0 Å². The highest BCUT2D eigenvalue weighted by Gasteiger charge is 2.44. The molecule has 1 amide bonds. The molecule has 2 unspecified atom stereocenters. The van der Waals surface area contributed by atoms with Gasteiger partial charge in [-0.15, -0.1) is 0 Å². The van der Waals surface area contributed by atoms with Crippen molar-refractivity contribution in [2.45, 2.75) is 39.7 Å². The molecule has 0 saturated carbocycles. The zero-order valence-electron chi connectivity index (χ0n) is 13.8. The van der Waals surface area contributed by atoms with E-state index in [4.69, 9.17) is 4.74 Å². The fourth-order valence-corrected chi connectivity index (χ4v) is 3.09. The number of ether oxygens (including phenoxy) is 1. The monoisotopic (exact) mass is 303 g/mol. The topological polar surface area (TPSA) is 46.6 Å². The Morgan fingerprint density at radius 3 is 2.41 bits per heavy atom. The lowest BCUT2D eigenvalue weighted by Crippen LogP contribution is -2.48. The first-order valence-electron chi connectivity index (χ1n) is 7.77. The molecular weight excluding hydrogens is 278 g/mol. The number of hydrogen-bond donors (Lipinski definition) is 0. The molecule has 0 aliphatic carbocycles. The van der Waals surface area contributed by atoms with Gasteiger partial charge in [-0.2, -0.15) is 0 Å². The van der Waals surface area contributed by atoms with Crippen molar-refractivity contribution < 1.29 is 14.3 Å². The molecule has 0 spiro atoms. The molecule has 4 nitrogen and oxygen atoms in total. The SMILES string of the molecule is COC(=O)C1C(Cc2ccccc2)CCN1C(=O)C(C)(C)C. The molecule has 1 aromatic carbocycles. The first-order valence-corrected chi connectivity index (χ1v) is 7.77. The van der Waals surface area contributed by atoms with Crippen LogP contribution >= 0.6 is 0 Å². The second-order valence-corrected chi connectivity index (χ2v) is 6.96. The van der Waals surface area contributed by atoms with Crippen LogP contribution in [0.3, 0.4) is 0 Å². The van der Waals surface area contributed by atoms with Gasteiger partial charge in [0.05, 0.1) is 7.11 Å². The van der Waals surface area contributed by atoms with Gasteiger partial charge in [0.15, 0.2) is 0 Å². The predicted octanol–water partition coefficient (Wildman–Crippen LogP) is 2.67. The number of benzene rings is 1. The van der Waals surface area contributed by atoms with Crippen molar-refractivity contribution in [2.24, 2.45) is 11.3 Å². The fourth-order valence-electron chi connectivity index (χ4n) is 3.09. The van der Waals surface area contributed by atoms with E-state index in [1.165, 1.54) is 12.7 Å². The minimum Gasteiger partial charge on any atom is -0.467 e. The highest BCUT2D eigenvalue weighted by atomic mass is 16.5. The van der Waals surface area contributed by atoms with Crippen molar-refractivity contribution in [3.8, 4) is 0 Å². The summed E-state index contributed by atoms with van der Waals surface area (Å²) >= 11 is 0. The number of amides is 1. The molecule has 0 aromatic heterocycles. The molecule has 1 heterocycles. The van der Waals surface area contributed by atoms with Gasteiger partial charge in [0.1, 0.15) is 6.04 Å². The van der Waals surface area contributed by atoms with Crippen molar-refractivity contribution in [1.82, 2.24) is 4.90 Å². The van der Waals surface area contributed by atoms with Crippen LogP contribution in [0.15, 0.2) is 30.3 Å². The molecule has 1 saturated heterocycles. The van der Waals surface area contributed by atoms with Crippen LogP contribution in [0, 0.1) is 11.3 Å². The number of nitrogens with zero attached hydrogens (tertiary/aromatic N) is 1. The van der Waals surface area contributed by atoms with E-state index in [9.17, 15) is 9.59 Å². The van der Waals surface area contributed by atoms with Crippen LogP contribution in [0.25, 0.3) is 0 Å². The minimum absolute atomic E-state index is 0.0125. The molecule has 2 atom stereocenters. The van der Waals surface area contributed by atoms with Gasteiger partial charge in [-0.05, 0) is 24.3 Å². The fraction of sp³-hybridized carbons (Fsp3) is 0.556. The molecule has 0 bridgehead atoms. The van der Waals surface area contributed by atoms with E-state index in [2.05, 4.69) is 12.1 Å². The van der Waals surface area contributed by atoms with E-state index < -0.39 is 11.5 Å². The smallest absolute Gasteiger partial charge is 0.328 e. The third-order valence-corrected chi connectivity index (χ3v) is 4.21. The number of rotatable bonds is 3. The van der Waals surface area contributed by atoms with E-state index >= 15 is 0 Å². The number of likely N-dealkylation sites (tertiary alicyclic amines) is 1. The summed E-state index contributed by atoms with van der Waals surface area (Å²) in [4.78, 5) is 26.6. The lowest BCUT2D eigenvalue weighted by Gasteiger charge is -2.31. The minimum atomic E-state index is -0.492. The second-order valence-electron chi connectivity index (χ2n) is 6.96. The van der Waals surface area contributed by atoms with Gasteiger partial charge in [0, 0.05) is 12.0 Å². The zero-order chi connectivity index (χ0) is 16.3. The highest BCUT2D eigenvalue weighted by molar-refractivity contribution is 5.88. The summed E-state index contributed by atoms with van der Waals surface area (Å²) < 4.78 is 4.96. The van der Waals surface area contributed by atoms with Crippen LogP contribution in [-0.2, 0) is 20.7 Å². The third-order valence-electron chi connectivity index (χ3n) is 4.21. The maximum Gasteiger partial charge on any atom is 0.328 e. The summed E-state index contributed by atoms with van der Waals surface area (Å²) in [7, 11) is 1.39. The number of methoxy groups -OCH3 is 1. The number of carbonyl (C=O) groups excluding carboxylic acids is 2. The summed E-state index contributed by atoms with van der Waals surface area (Å²) in [5, 5.41) is 0. The summed E-state index contributed by atoms with van der Waals surface area (Å²) in [5.41, 5.74) is 0.694. The van der Waals surface area contributed by atoms with Gasteiger partial charge in [-0.25, -0.2) is 4.79 Å². The van der Waals surface area contributed by atoms with Crippen molar-refractivity contribution in [3.05, 3.63) is 35.9 Å². The van der Waals surface area contributed by atoms with Crippen LogP contribution in [0.1, 0.15) is 32.8 Å². The molecule has 0 N–H and O–H groups in total. The highest BCUT2D eigenvalue weighted by Crippen LogP contribution is 2.32. The normalized spacial score (nSPS) is 21.7. The third kappa shape index (κ3) is 3.49. The zero-order valence-corrected chi connectivity index (χ0v) is 13.8. The maximum atomic E-state index is 12.6. The summed E-state index contributed by atoms with van der Waals surface area (Å²) in [6.07, 6.45) is 1.62. The largest absolute Gasteiger partial charge is 0.467 e. The van der Waals surface area contributed by atoms with E-state index in [0.29, 0.717) is 6.54 Å². The Morgan fingerprint density at radius 2 is 1.86 bits per heavy atom. The molecule has 4 heteroatoms. The van der Waals surface area contributed by atoms with E-state index in [1.54, 1.807) is 4.90 Å². The molecule has 120 valence electrons. The summed E-state index contributed by atoms with van der Waals surface area (Å²) in [5.74, 6) is -0.185. The van der Waals surface area contributed by atoms with Gasteiger partial charge in [-0.1, -0.05) is 51.1 Å². The molecular formula is C18H25NO3. The van der Waals surface area contributed by atoms with Crippen molar-refractivity contribution >= 4 is 11.9 Å². The van der Waals surface area contributed by atoms with Crippen LogP contribution in [-0.4, -0.2) is 36.5 Å². The van der Waals surface area contributed by atoms with Crippen molar-refractivity contribution in [3.63, 3.8) is 0 Å². The predicted molar refractivity (Wildman–Crippen MR) is 85.2 cm³/mol.